The lowest BCUT2D eigenvalue weighted by molar-refractivity contribution is -0.385. The molecule has 0 heterocycles. The van der Waals surface area contributed by atoms with Crippen molar-refractivity contribution in [1.29, 1.82) is 0 Å². The molecule has 16 heavy (non-hydrogen) atoms. The molecule has 0 saturated carbocycles. The van der Waals surface area contributed by atoms with E-state index in [-0.39, 0.29) is 11.3 Å². The van der Waals surface area contributed by atoms with Gasteiger partial charge in [0.05, 0.1) is 10.5 Å². The summed E-state index contributed by atoms with van der Waals surface area (Å²) >= 11 is 3.20. The fraction of sp³-hybridized carbons (Fsp3) is 0.100. The van der Waals surface area contributed by atoms with Gasteiger partial charge in [0.25, 0.3) is 5.69 Å². The second-order valence-corrected chi connectivity index (χ2v) is 4.00. The second kappa shape index (κ2) is 4.89. The maximum absolute atomic E-state index is 10.8. The van der Waals surface area contributed by atoms with Crippen molar-refractivity contribution in [2.24, 2.45) is 0 Å². The number of benzene rings is 1. The number of aliphatic carboxylic acids is 1. The lowest BCUT2D eigenvalue weighted by Gasteiger charge is -2.02. The van der Waals surface area contributed by atoms with Crippen LogP contribution < -0.4 is 0 Å². The molecule has 84 valence electrons. The first-order valence-corrected chi connectivity index (χ1v) is 5.06. The van der Waals surface area contributed by atoms with Gasteiger partial charge in [0.1, 0.15) is 0 Å². The van der Waals surface area contributed by atoms with Crippen molar-refractivity contribution in [1.82, 2.24) is 0 Å². The largest absolute Gasteiger partial charge is 0.478 e. The first-order chi connectivity index (χ1) is 7.41. The van der Waals surface area contributed by atoms with Gasteiger partial charge in [0, 0.05) is 16.1 Å². The standard InChI is InChI=1S/C10H8BrNO4/c1-6-4-8(11)5-7(2-3-9(13)14)10(6)12(15)16/h2-5H,1H3,(H,13,14)/b3-2+. The normalized spacial score (nSPS) is 10.6. The van der Waals surface area contributed by atoms with E-state index in [0.29, 0.717) is 10.0 Å². The Balaban J connectivity index is 3.35. The summed E-state index contributed by atoms with van der Waals surface area (Å²) in [5, 5.41) is 19.3. The third-order valence-electron chi connectivity index (χ3n) is 1.88. The number of carbonyl (C=O) groups is 1. The Hall–Kier alpha value is -1.69. The molecule has 0 aliphatic rings. The van der Waals surface area contributed by atoms with Gasteiger partial charge in [0.2, 0.25) is 0 Å². The maximum Gasteiger partial charge on any atom is 0.328 e. The number of carboxylic acids is 1. The number of aryl methyl sites for hydroxylation is 1. The first-order valence-electron chi connectivity index (χ1n) is 4.27. The van der Waals surface area contributed by atoms with Gasteiger partial charge in [0.15, 0.2) is 0 Å². The smallest absolute Gasteiger partial charge is 0.328 e. The third-order valence-corrected chi connectivity index (χ3v) is 2.34. The quantitative estimate of drug-likeness (QED) is 0.526. The summed E-state index contributed by atoms with van der Waals surface area (Å²) in [6, 6.07) is 3.11. The van der Waals surface area contributed by atoms with Crippen molar-refractivity contribution in [2.45, 2.75) is 6.92 Å². The molecule has 1 rings (SSSR count). The van der Waals surface area contributed by atoms with E-state index < -0.39 is 10.9 Å². The molecule has 1 aromatic rings. The molecule has 0 atom stereocenters. The fourth-order valence-electron chi connectivity index (χ4n) is 1.30. The minimum Gasteiger partial charge on any atom is -0.478 e. The summed E-state index contributed by atoms with van der Waals surface area (Å²) in [6.07, 6.45) is 2.08. The summed E-state index contributed by atoms with van der Waals surface area (Å²) in [5.41, 5.74) is 0.657. The highest BCUT2D eigenvalue weighted by Gasteiger charge is 2.16. The topological polar surface area (TPSA) is 80.4 Å². The summed E-state index contributed by atoms with van der Waals surface area (Å²) in [4.78, 5) is 20.6. The van der Waals surface area contributed by atoms with Crippen LogP contribution in [0.4, 0.5) is 5.69 Å². The molecule has 0 aromatic heterocycles. The van der Waals surface area contributed by atoms with Crippen molar-refractivity contribution in [2.75, 3.05) is 0 Å². The highest BCUT2D eigenvalue weighted by molar-refractivity contribution is 9.10. The molecular formula is C10H8BrNO4. The van der Waals surface area contributed by atoms with Crippen molar-refractivity contribution in [3.8, 4) is 0 Å². The van der Waals surface area contributed by atoms with E-state index in [9.17, 15) is 14.9 Å². The van der Waals surface area contributed by atoms with Crippen LogP contribution in [-0.4, -0.2) is 16.0 Å². The fourth-order valence-corrected chi connectivity index (χ4v) is 1.89. The molecule has 1 N–H and O–H groups in total. The Morgan fingerprint density at radius 3 is 2.69 bits per heavy atom. The second-order valence-electron chi connectivity index (χ2n) is 3.09. The molecule has 5 nitrogen and oxygen atoms in total. The predicted octanol–water partition coefficient (Wildman–Crippen LogP) is 2.76. The Morgan fingerprint density at radius 2 is 2.19 bits per heavy atom. The molecule has 0 unspecified atom stereocenters. The van der Waals surface area contributed by atoms with Gasteiger partial charge >= 0.3 is 5.97 Å². The number of halogens is 1. The van der Waals surface area contributed by atoms with Gasteiger partial charge < -0.3 is 5.11 Å². The highest BCUT2D eigenvalue weighted by Crippen LogP contribution is 2.28. The van der Waals surface area contributed by atoms with Crippen LogP contribution in [0, 0.1) is 17.0 Å². The van der Waals surface area contributed by atoms with E-state index >= 15 is 0 Å². The zero-order chi connectivity index (χ0) is 12.3. The Kier molecular flexibility index (Phi) is 3.78. The monoisotopic (exact) mass is 285 g/mol. The SMILES string of the molecule is Cc1cc(Br)cc(/C=C/C(=O)O)c1[N+](=O)[O-]. The van der Waals surface area contributed by atoms with E-state index in [1.165, 1.54) is 12.1 Å². The van der Waals surface area contributed by atoms with Crippen molar-refractivity contribution >= 4 is 33.7 Å². The first kappa shape index (κ1) is 12.4. The third kappa shape index (κ3) is 2.90. The van der Waals surface area contributed by atoms with E-state index in [4.69, 9.17) is 5.11 Å². The number of nitro groups is 1. The molecule has 0 bridgehead atoms. The zero-order valence-electron chi connectivity index (χ0n) is 8.31. The minimum atomic E-state index is -1.15. The molecule has 6 heteroatoms. The number of hydrogen-bond acceptors (Lipinski definition) is 3. The Bertz CT molecular complexity index is 482. The molecular weight excluding hydrogens is 278 g/mol. The molecule has 0 saturated heterocycles. The number of rotatable bonds is 3. The lowest BCUT2D eigenvalue weighted by atomic mass is 10.1. The van der Waals surface area contributed by atoms with Crippen LogP contribution in [0.25, 0.3) is 6.08 Å². The average molecular weight is 286 g/mol. The molecule has 0 radical (unpaired) electrons. The molecule has 0 fully saturated rings. The minimum absolute atomic E-state index is 0.0827. The van der Waals surface area contributed by atoms with Crippen LogP contribution in [0.1, 0.15) is 11.1 Å². The molecule has 0 aliphatic heterocycles. The average Bonchev–Trinajstić information content (AvgIpc) is 2.12. The lowest BCUT2D eigenvalue weighted by Crippen LogP contribution is -1.96. The van der Waals surface area contributed by atoms with Crippen molar-refractivity contribution < 1.29 is 14.8 Å². The Morgan fingerprint density at radius 1 is 1.56 bits per heavy atom. The number of hydrogen-bond donors (Lipinski definition) is 1. The van der Waals surface area contributed by atoms with E-state index in [1.807, 2.05) is 0 Å². The summed E-state index contributed by atoms with van der Waals surface area (Å²) in [6.45, 7) is 1.60. The number of nitro benzene ring substituents is 1. The van der Waals surface area contributed by atoms with Crippen LogP contribution in [0.5, 0.6) is 0 Å². The molecule has 0 spiro atoms. The van der Waals surface area contributed by atoms with Gasteiger partial charge in [-0.15, -0.1) is 0 Å². The number of nitrogens with zero attached hydrogens (tertiary/aromatic N) is 1. The predicted molar refractivity (Wildman–Crippen MR) is 62.2 cm³/mol. The molecule has 0 aliphatic carbocycles. The Labute approximate surface area is 99.7 Å². The summed E-state index contributed by atoms with van der Waals surface area (Å²) in [5.74, 6) is -1.15. The van der Waals surface area contributed by atoms with Gasteiger partial charge in [-0.2, -0.15) is 0 Å². The van der Waals surface area contributed by atoms with Gasteiger partial charge in [-0.25, -0.2) is 4.79 Å². The van der Waals surface area contributed by atoms with E-state index in [0.717, 1.165) is 6.08 Å². The summed E-state index contributed by atoms with van der Waals surface area (Å²) in [7, 11) is 0. The van der Waals surface area contributed by atoms with Crippen LogP contribution >= 0.6 is 15.9 Å². The highest BCUT2D eigenvalue weighted by atomic mass is 79.9. The van der Waals surface area contributed by atoms with Crippen LogP contribution in [0.3, 0.4) is 0 Å². The zero-order valence-corrected chi connectivity index (χ0v) is 9.89. The van der Waals surface area contributed by atoms with Crippen LogP contribution in [0.15, 0.2) is 22.7 Å². The molecule has 1 aromatic carbocycles. The van der Waals surface area contributed by atoms with Crippen LogP contribution in [0.2, 0.25) is 0 Å². The van der Waals surface area contributed by atoms with Crippen LogP contribution in [-0.2, 0) is 4.79 Å². The number of carboxylic acid groups (broad SMARTS) is 1. The van der Waals surface area contributed by atoms with Gasteiger partial charge in [-0.1, -0.05) is 15.9 Å². The van der Waals surface area contributed by atoms with E-state index in [1.54, 1.807) is 13.0 Å². The maximum atomic E-state index is 10.8. The van der Waals surface area contributed by atoms with Gasteiger partial charge in [-0.05, 0) is 25.1 Å². The molecule has 0 amide bonds. The van der Waals surface area contributed by atoms with E-state index in [2.05, 4.69) is 15.9 Å². The van der Waals surface area contributed by atoms with Gasteiger partial charge in [-0.3, -0.25) is 10.1 Å². The summed E-state index contributed by atoms with van der Waals surface area (Å²) < 4.78 is 0.667. The van der Waals surface area contributed by atoms with Crippen molar-refractivity contribution in [3.63, 3.8) is 0 Å². The van der Waals surface area contributed by atoms with Crippen molar-refractivity contribution in [3.05, 3.63) is 43.9 Å².